The van der Waals surface area contributed by atoms with Crippen molar-refractivity contribution in [3.63, 3.8) is 0 Å². The maximum atomic E-state index is 13.5. The van der Waals surface area contributed by atoms with E-state index in [1.54, 1.807) is 25.6 Å². The zero-order valence-electron chi connectivity index (χ0n) is 18.2. The van der Waals surface area contributed by atoms with Crippen molar-refractivity contribution in [3.05, 3.63) is 53.6 Å². The van der Waals surface area contributed by atoms with E-state index in [9.17, 15) is 4.39 Å². The van der Waals surface area contributed by atoms with Crippen molar-refractivity contribution in [3.8, 4) is 11.6 Å². The Balaban J connectivity index is 1.29. The normalized spacial score (nSPS) is 16.2. The number of hydrogen-bond donors (Lipinski definition) is 1. The van der Waals surface area contributed by atoms with Gasteiger partial charge < -0.3 is 24.6 Å². The Hall–Kier alpha value is -3.33. The quantitative estimate of drug-likeness (QED) is 0.592. The van der Waals surface area contributed by atoms with Crippen molar-refractivity contribution in [1.29, 1.82) is 0 Å². The third kappa shape index (κ3) is 4.59. The summed E-state index contributed by atoms with van der Waals surface area (Å²) in [6, 6.07) is 8.55. The predicted octanol–water partition coefficient (Wildman–Crippen LogP) is 4.28. The Kier molecular flexibility index (Phi) is 6.04. The molecule has 33 heavy (non-hydrogen) atoms. The van der Waals surface area contributed by atoms with E-state index in [4.69, 9.17) is 26.1 Å². The molecule has 0 aliphatic carbocycles. The molecule has 5 rings (SSSR count). The van der Waals surface area contributed by atoms with Crippen LogP contribution in [0.15, 0.2) is 42.7 Å². The highest BCUT2D eigenvalue weighted by atomic mass is 35.5. The second kappa shape index (κ2) is 9.27. The van der Waals surface area contributed by atoms with E-state index in [0.29, 0.717) is 47.3 Å². The lowest BCUT2D eigenvalue weighted by atomic mass is 10.0. The minimum atomic E-state index is -0.376. The topological polar surface area (TPSA) is 75.6 Å². The molecule has 0 atom stereocenters. The lowest BCUT2D eigenvalue weighted by Gasteiger charge is -2.34. The van der Waals surface area contributed by atoms with Gasteiger partial charge in [-0.15, -0.1) is 0 Å². The second-order valence-corrected chi connectivity index (χ2v) is 8.35. The Morgan fingerprint density at radius 1 is 1.15 bits per heavy atom. The van der Waals surface area contributed by atoms with Gasteiger partial charge in [0.2, 0.25) is 11.8 Å². The van der Waals surface area contributed by atoms with Crippen molar-refractivity contribution in [1.82, 2.24) is 15.0 Å². The van der Waals surface area contributed by atoms with Crippen LogP contribution in [0.3, 0.4) is 0 Å². The molecule has 1 fully saturated rings. The number of piperidine rings is 1. The van der Waals surface area contributed by atoms with E-state index in [-0.39, 0.29) is 11.9 Å². The van der Waals surface area contributed by atoms with E-state index < -0.39 is 0 Å². The molecule has 0 unspecified atom stereocenters. The summed E-state index contributed by atoms with van der Waals surface area (Å²) in [5.74, 6) is 1.97. The molecule has 1 saturated heterocycles. The van der Waals surface area contributed by atoms with Crippen LogP contribution >= 0.6 is 11.6 Å². The van der Waals surface area contributed by atoms with Crippen LogP contribution in [0.25, 0.3) is 0 Å². The monoisotopic (exact) mass is 470 g/mol. The number of rotatable bonds is 5. The summed E-state index contributed by atoms with van der Waals surface area (Å²) in [5.41, 5.74) is 1.79. The number of benzene rings is 1. The number of anilines is 4. The van der Waals surface area contributed by atoms with Crippen LogP contribution in [-0.4, -0.2) is 54.3 Å². The average molecular weight is 471 g/mol. The largest absolute Gasteiger partial charge is 0.486 e. The van der Waals surface area contributed by atoms with Gasteiger partial charge in [0, 0.05) is 37.1 Å². The van der Waals surface area contributed by atoms with Crippen molar-refractivity contribution < 1.29 is 13.9 Å². The Bertz CT molecular complexity index is 1140. The standard InChI is InChI=1S/C23H24ClFN6O2/c1-32-21-13-17(4-7-26-21)30-8-5-16(6-9-30)28-23-27-14-20-22(29-23)31(10-11-33-20)19-3-2-15(25)12-18(19)24/h2-4,7,12-14,16H,5-6,8-11H2,1H3,(H,27,28,29). The first-order chi connectivity index (χ1) is 16.1. The maximum Gasteiger partial charge on any atom is 0.225 e. The fraction of sp³-hybridized carbons (Fsp3) is 0.348. The summed E-state index contributed by atoms with van der Waals surface area (Å²) >= 11 is 6.31. The lowest BCUT2D eigenvalue weighted by molar-refractivity contribution is 0.310. The summed E-state index contributed by atoms with van der Waals surface area (Å²) in [6.07, 6.45) is 5.32. The van der Waals surface area contributed by atoms with Crippen LogP contribution in [0.2, 0.25) is 5.02 Å². The fourth-order valence-electron chi connectivity index (χ4n) is 4.19. The number of halogens is 2. The second-order valence-electron chi connectivity index (χ2n) is 7.94. The highest BCUT2D eigenvalue weighted by Gasteiger charge is 2.26. The van der Waals surface area contributed by atoms with Crippen LogP contribution in [0.4, 0.5) is 27.5 Å². The molecular weight excluding hydrogens is 447 g/mol. The number of nitrogens with one attached hydrogen (secondary N) is 1. The Morgan fingerprint density at radius 3 is 2.79 bits per heavy atom. The van der Waals surface area contributed by atoms with Crippen LogP contribution in [0, 0.1) is 5.82 Å². The first-order valence-corrected chi connectivity index (χ1v) is 11.2. The minimum absolute atomic E-state index is 0.246. The predicted molar refractivity (Wildman–Crippen MR) is 126 cm³/mol. The number of nitrogens with zero attached hydrogens (tertiary/aromatic N) is 5. The minimum Gasteiger partial charge on any atom is -0.486 e. The first kappa shape index (κ1) is 21.5. The van der Waals surface area contributed by atoms with E-state index in [1.165, 1.54) is 12.1 Å². The van der Waals surface area contributed by atoms with Crippen LogP contribution in [0.5, 0.6) is 11.6 Å². The SMILES string of the molecule is COc1cc(N2CCC(Nc3ncc4c(n3)N(c3ccc(F)cc3Cl)CCO4)CC2)ccn1. The Labute approximate surface area is 196 Å². The van der Waals surface area contributed by atoms with Crippen molar-refractivity contribution in [2.75, 3.05) is 48.5 Å². The van der Waals surface area contributed by atoms with Crippen LogP contribution in [-0.2, 0) is 0 Å². The zero-order chi connectivity index (χ0) is 22.8. The van der Waals surface area contributed by atoms with E-state index in [0.717, 1.165) is 31.6 Å². The molecule has 0 spiro atoms. The van der Waals surface area contributed by atoms with Gasteiger partial charge in [-0.3, -0.25) is 0 Å². The van der Waals surface area contributed by atoms with Gasteiger partial charge in [-0.05, 0) is 37.1 Å². The molecule has 2 aliphatic heterocycles. The summed E-state index contributed by atoms with van der Waals surface area (Å²) in [4.78, 5) is 17.6. The summed E-state index contributed by atoms with van der Waals surface area (Å²) in [6.45, 7) is 2.82. The highest BCUT2D eigenvalue weighted by molar-refractivity contribution is 6.33. The van der Waals surface area contributed by atoms with Crippen LogP contribution < -0.4 is 24.6 Å². The number of fused-ring (bicyclic) bond motifs is 1. The summed E-state index contributed by atoms with van der Waals surface area (Å²) < 4.78 is 24.5. The Morgan fingerprint density at radius 2 is 2.00 bits per heavy atom. The maximum absolute atomic E-state index is 13.5. The molecule has 4 heterocycles. The molecule has 3 aromatic rings. The van der Waals surface area contributed by atoms with Gasteiger partial charge in [-0.25, -0.2) is 14.4 Å². The molecule has 1 aromatic carbocycles. The first-order valence-electron chi connectivity index (χ1n) is 10.8. The van der Waals surface area contributed by atoms with E-state index >= 15 is 0 Å². The van der Waals surface area contributed by atoms with Gasteiger partial charge in [0.15, 0.2) is 11.6 Å². The summed E-state index contributed by atoms with van der Waals surface area (Å²) in [5, 5.41) is 3.79. The van der Waals surface area contributed by atoms with Gasteiger partial charge in [0.05, 0.1) is 30.6 Å². The molecule has 172 valence electrons. The van der Waals surface area contributed by atoms with Crippen molar-refractivity contribution in [2.24, 2.45) is 0 Å². The molecule has 1 N–H and O–H groups in total. The van der Waals surface area contributed by atoms with Gasteiger partial charge in [0.1, 0.15) is 12.4 Å². The van der Waals surface area contributed by atoms with E-state index in [2.05, 4.69) is 20.2 Å². The third-order valence-electron chi connectivity index (χ3n) is 5.89. The molecule has 0 saturated carbocycles. The van der Waals surface area contributed by atoms with Gasteiger partial charge in [-0.2, -0.15) is 4.98 Å². The molecule has 2 aliphatic rings. The van der Waals surface area contributed by atoms with Gasteiger partial charge >= 0.3 is 0 Å². The smallest absolute Gasteiger partial charge is 0.225 e. The lowest BCUT2D eigenvalue weighted by Crippen LogP contribution is -2.39. The molecule has 0 amide bonds. The molecular formula is C23H24ClFN6O2. The van der Waals surface area contributed by atoms with Crippen molar-refractivity contribution >= 4 is 34.7 Å². The summed E-state index contributed by atoms with van der Waals surface area (Å²) in [7, 11) is 1.62. The average Bonchev–Trinajstić information content (AvgIpc) is 2.84. The molecule has 0 radical (unpaired) electrons. The molecule has 8 nitrogen and oxygen atoms in total. The van der Waals surface area contributed by atoms with E-state index in [1.807, 2.05) is 17.0 Å². The molecule has 2 aromatic heterocycles. The number of hydrogen-bond acceptors (Lipinski definition) is 8. The number of methoxy groups -OCH3 is 1. The van der Waals surface area contributed by atoms with Gasteiger partial charge in [0.25, 0.3) is 0 Å². The fourth-order valence-corrected chi connectivity index (χ4v) is 4.46. The molecule has 10 heteroatoms. The third-order valence-corrected chi connectivity index (χ3v) is 6.19. The highest BCUT2D eigenvalue weighted by Crippen LogP contribution is 2.38. The van der Waals surface area contributed by atoms with Crippen LogP contribution in [0.1, 0.15) is 12.8 Å². The molecule has 0 bridgehead atoms. The number of aromatic nitrogens is 3. The van der Waals surface area contributed by atoms with Gasteiger partial charge in [-0.1, -0.05) is 11.6 Å². The number of ether oxygens (including phenoxy) is 2. The zero-order valence-corrected chi connectivity index (χ0v) is 18.9. The number of pyridine rings is 1. The van der Waals surface area contributed by atoms with Crippen molar-refractivity contribution in [2.45, 2.75) is 18.9 Å².